The largest absolute Gasteiger partial charge is 0.459 e. The number of hydrogen-bond donors (Lipinski definition) is 1. The topological polar surface area (TPSA) is 65.8 Å². The van der Waals surface area contributed by atoms with Crippen LogP contribution in [0.15, 0.2) is 65.3 Å². The second-order valence-corrected chi connectivity index (χ2v) is 7.00. The lowest BCUT2D eigenvalue weighted by Crippen LogP contribution is -2.54. The van der Waals surface area contributed by atoms with Gasteiger partial charge in [-0.3, -0.25) is 14.5 Å². The van der Waals surface area contributed by atoms with Crippen LogP contribution < -0.4 is 5.32 Å². The normalized spacial score (nSPS) is 16.1. The zero-order chi connectivity index (χ0) is 19.5. The SMILES string of the molecule is C[C@@H](C(=O)Nc1cccc2ccccc12)N1CCN(C(=O)c2ccco2)CC1. The van der Waals surface area contributed by atoms with Crippen LogP contribution in [0.4, 0.5) is 5.69 Å². The first-order valence-corrected chi connectivity index (χ1v) is 9.49. The highest BCUT2D eigenvalue weighted by Crippen LogP contribution is 2.23. The summed E-state index contributed by atoms with van der Waals surface area (Å²) in [7, 11) is 0. The first-order valence-electron chi connectivity index (χ1n) is 9.49. The standard InChI is InChI=1S/C22H23N3O3/c1-16(21(26)23-19-9-4-7-17-6-2-3-8-18(17)19)24-11-13-25(14-12-24)22(27)20-10-5-15-28-20/h2-10,15-16H,11-14H2,1H3,(H,23,26)/t16-/m0/s1. The highest BCUT2D eigenvalue weighted by molar-refractivity contribution is 6.03. The van der Waals surface area contributed by atoms with E-state index in [2.05, 4.69) is 10.2 Å². The van der Waals surface area contributed by atoms with Gasteiger partial charge in [0.25, 0.3) is 5.91 Å². The van der Waals surface area contributed by atoms with Gasteiger partial charge in [0.2, 0.25) is 5.91 Å². The molecule has 0 bridgehead atoms. The van der Waals surface area contributed by atoms with E-state index >= 15 is 0 Å². The van der Waals surface area contributed by atoms with Crippen molar-refractivity contribution in [3.63, 3.8) is 0 Å². The fourth-order valence-corrected chi connectivity index (χ4v) is 3.61. The van der Waals surface area contributed by atoms with Crippen LogP contribution in [0.2, 0.25) is 0 Å². The number of hydrogen-bond acceptors (Lipinski definition) is 4. The van der Waals surface area contributed by atoms with Crippen LogP contribution in [0.3, 0.4) is 0 Å². The lowest BCUT2D eigenvalue weighted by molar-refractivity contribution is -0.121. The van der Waals surface area contributed by atoms with E-state index in [1.165, 1.54) is 6.26 Å². The maximum atomic E-state index is 12.8. The number of fused-ring (bicyclic) bond motifs is 1. The Morgan fingerprint density at radius 1 is 0.964 bits per heavy atom. The van der Waals surface area contributed by atoms with Crippen molar-refractivity contribution in [1.29, 1.82) is 0 Å². The van der Waals surface area contributed by atoms with E-state index in [9.17, 15) is 9.59 Å². The zero-order valence-corrected chi connectivity index (χ0v) is 15.8. The molecule has 6 heteroatoms. The number of anilines is 1. The Balaban J connectivity index is 1.38. The van der Waals surface area contributed by atoms with Gasteiger partial charge in [0.05, 0.1) is 12.3 Å². The molecule has 1 aromatic heterocycles. The molecule has 1 N–H and O–H groups in total. The summed E-state index contributed by atoms with van der Waals surface area (Å²) in [5.74, 6) is 0.217. The Hall–Kier alpha value is -3.12. The quantitative estimate of drug-likeness (QED) is 0.758. The summed E-state index contributed by atoms with van der Waals surface area (Å²) in [6.07, 6.45) is 1.50. The van der Waals surface area contributed by atoms with Gasteiger partial charge in [-0.2, -0.15) is 0 Å². The fourth-order valence-electron chi connectivity index (χ4n) is 3.61. The molecule has 3 aromatic rings. The number of carbonyl (C=O) groups is 2. The predicted molar refractivity (Wildman–Crippen MR) is 108 cm³/mol. The summed E-state index contributed by atoms with van der Waals surface area (Å²) < 4.78 is 5.19. The molecule has 0 spiro atoms. The molecule has 2 amide bonds. The van der Waals surface area contributed by atoms with Crippen LogP contribution in [0.5, 0.6) is 0 Å². The summed E-state index contributed by atoms with van der Waals surface area (Å²) in [4.78, 5) is 29.1. The molecule has 1 atom stereocenters. The molecule has 4 rings (SSSR count). The van der Waals surface area contributed by atoms with E-state index in [0.29, 0.717) is 31.9 Å². The van der Waals surface area contributed by atoms with Crippen molar-refractivity contribution in [3.8, 4) is 0 Å². The van der Waals surface area contributed by atoms with E-state index in [1.807, 2.05) is 49.4 Å². The molecule has 28 heavy (non-hydrogen) atoms. The van der Waals surface area contributed by atoms with Crippen LogP contribution in [-0.4, -0.2) is 53.8 Å². The Labute approximate surface area is 163 Å². The zero-order valence-electron chi connectivity index (χ0n) is 15.8. The lowest BCUT2D eigenvalue weighted by Gasteiger charge is -2.37. The molecule has 0 radical (unpaired) electrons. The molecular weight excluding hydrogens is 354 g/mol. The van der Waals surface area contributed by atoms with E-state index < -0.39 is 0 Å². The second-order valence-electron chi connectivity index (χ2n) is 7.00. The Bertz CT molecular complexity index is 970. The summed E-state index contributed by atoms with van der Waals surface area (Å²) in [6, 6.07) is 17.0. The van der Waals surface area contributed by atoms with Gasteiger partial charge in [0.15, 0.2) is 5.76 Å². The maximum absolute atomic E-state index is 12.8. The van der Waals surface area contributed by atoms with Crippen molar-refractivity contribution < 1.29 is 14.0 Å². The maximum Gasteiger partial charge on any atom is 0.289 e. The van der Waals surface area contributed by atoms with Gasteiger partial charge in [-0.05, 0) is 30.5 Å². The van der Waals surface area contributed by atoms with Crippen molar-refractivity contribution in [2.24, 2.45) is 0 Å². The molecule has 2 heterocycles. The highest BCUT2D eigenvalue weighted by atomic mass is 16.3. The Kier molecular flexibility index (Phi) is 5.12. The number of piperazine rings is 1. The molecule has 1 saturated heterocycles. The van der Waals surface area contributed by atoms with Crippen molar-refractivity contribution in [2.75, 3.05) is 31.5 Å². The Morgan fingerprint density at radius 3 is 2.46 bits per heavy atom. The third-order valence-electron chi connectivity index (χ3n) is 5.31. The van der Waals surface area contributed by atoms with Crippen molar-refractivity contribution in [1.82, 2.24) is 9.80 Å². The molecule has 1 fully saturated rings. The second kappa shape index (κ2) is 7.86. The highest BCUT2D eigenvalue weighted by Gasteiger charge is 2.28. The van der Waals surface area contributed by atoms with Crippen LogP contribution in [0.25, 0.3) is 10.8 Å². The smallest absolute Gasteiger partial charge is 0.289 e. The van der Waals surface area contributed by atoms with Gasteiger partial charge in [0.1, 0.15) is 0 Å². The third kappa shape index (κ3) is 3.64. The van der Waals surface area contributed by atoms with Crippen LogP contribution in [-0.2, 0) is 4.79 Å². The number of nitrogens with zero attached hydrogens (tertiary/aromatic N) is 2. The Morgan fingerprint density at radius 2 is 1.71 bits per heavy atom. The third-order valence-corrected chi connectivity index (χ3v) is 5.31. The number of carbonyl (C=O) groups excluding carboxylic acids is 2. The van der Waals surface area contributed by atoms with Gasteiger partial charge < -0.3 is 14.6 Å². The number of nitrogens with one attached hydrogen (secondary N) is 1. The minimum absolute atomic E-state index is 0.0397. The van der Waals surface area contributed by atoms with Gasteiger partial charge in [-0.25, -0.2) is 0 Å². The molecule has 0 saturated carbocycles. The molecule has 1 aliphatic heterocycles. The van der Waals surface area contributed by atoms with Crippen LogP contribution >= 0.6 is 0 Å². The molecule has 2 aromatic carbocycles. The van der Waals surface area contributed by atoms with Gasteiger partial charge in [0, 0.05) is 37.3 Å². The minimum Gasteiger partial charge on any atom is -0.459 e. The number of furan rings is 1. The average molecular weight is 377 g/mol. The van der Waals surface area contributed by atoms with Gasteiger partial charge in [-0.15, -0.1) is 0 Å². The van der Waals surface area contributed by atoms with Crippen molar-refractivity contribution >= 4 is 28.3 Å². The van der Waals surface area contributed by atoms with Crippen LogP contribution in [0.1, 0.15) is 17.5 Å². The summed E-state index contributed by atoms with van der Waals surface area (Å²) >= 11 is 0. The average Bonchev–Trinajstić information content (AvgIpc) is 3.28. The van der Waals surface area contributed by atoms with Crippen LogP contribution in [0, 0.1) is 0 Å². The van der Waals surface area contributed by atoms with E-state index in [0.717, 1.165) is 16.5 Å². The van der Waals surface area contributed by atoms with Gasteiger partial charge in [-0.1, -0.05) is 36.4 Å². The van der Waals surface area contributed by atoms with E-state index in [1.54, 1.807) is 17.0 Å². The summed E-state index contributed by atoms with van der Waals surface area (Å²) in [6.45, 7) is 4.36. The molecule has 0 aliphatic carbocycles. The molecule has 0 unspecified atom stereocenters. The molecule has 6 nitrogen and oxygen atoms in total. The fraction of sp³-hybridized carbons (Fsp3) is 0.273. The molecule has 144 valence electrons. The molecule has 1 aliphatic rings. The number of amides is 2. The van der Waals surface area contributed by atoms with E-state index in [4.69, 9.17) is 4.42 Å². The first kappa shape index (κ1) is 18.3. The minimum atomic E-state index is -0.278. The first-order chi connectivity index (χ1) is 13.6. The molecular formula is C22H23N3O3. The number of rotatable bonds is 4. The monoisotopic (exact) mass is 377 g/mol. The predicted octanol–water partition coefficient (Wildman–Crippen LogP) is 3.22. The lowest BCUT2D eigenvalue weighted by atomic mass is 10.1. The summed E-state index contributed by atoms with van der Waals surface area (Å²) in [5.41, 5.74) is 0.821. The van der Waals surface area contributed by atoms with Gasteiger partial charge >= 0.3 is 0 Å². The van der Waals surface area contributed by atoms with Crippen molar-refractivity contribution in [3.05, 3.63) is 66.6 Å². The van der Waals surface area contributed by atoms with E-state index in [-0.39, 0.29) is 17.9 Å². The van der Waals surface area contributed by atoms with Crippen molar-refractivity contribution in [2.45, 2.75) is 13.0 Å². The number of benzene rings is 2. The summed E-state index contributed by atoms with van der Waals surface area (Å²) in [5, 5.41) is 5.18.